The third-order valence-electron chi connectivity index (χ3n) is 4.54. The summed E-state index contributed by atoms with van der Waals surface area (Å²) in [7, 11) is 0. The number of hydrogen-bond acceptors (Lipinski definition) is 6. The van der Waals surface area contributed by atoms with E-state index >= 15 is 0 Å². The van der Waals surface area contributed by atoms with E-state index in [1.807, 2.05) is 22.9 Å². The minimum atomic E-state index is -0.820. The normalized spacial score (nSPS) is 15.2. The number of nitro benzene ring substituents is 1. The van der Waals surface area contributed by atoms with Crippen LogP contribution in [0.25, 0.3) is 11.8 Å². The summed E-state index contributed by atoms with van der Waals surface area (Å²) in [6.45, 7) is 0.463. The number of hydrogen-bond donors (Lipinski definition) is 1. The number of thioether (sulfide) groups is 1. The zero-order valence-corrected chi connectivity index (χ0v) is 17.5. The first-order valence-electron chi connectivity index (χ1n) is 9.26. The Balaban J connectivity index is 1.70. The molecule has 1 aliphatic rings. The van der Waals surface area contributed by atoms with Crippen LogP contribution in [0.3, 0.4) is 0 Å². The first-order chi connectivity index (χ1) is 14.4. The second kappa shape index (κ2) is 9.68. The molecule has 0 spiro atoms. The van der Waals surface area contributed by atoms with E-state index < -0.39 is 10.9 Å². The molecular formula is C20H19N3O5S2. The summed E-state index contributed by atoms with van der Waals surface area (Å²) in [5.74, 6) is -0.987. The van der Waals surface area contributed by atoms with Gasteiger partial charge in [0.1, 0.15) is 4.32 Å². The third kappa shape index (κ3) is 5.14. The van der Waals surface area contributed by atoms with Crippen LogP contribution in [0.4, 0.5) is 5.69 Å². The van der Waals surface area contributed by atoms with Crippen molar-refractivity contribution in [2.24, 2.45) is 0 Å². The fraction of sp³-hybridized carbons (Fsp3) is 0.250. The Kier molecular flexibility index (Phi) is 7.01. The Morgan fingerprint density at radius 2 is 1.93 bits per heavy atom. The lowest BCUT2D eigenvalue weighted by Gasteiger charge is -2.13. The molecule has 0 bridgehead atoms. The second-order valence-electron chi connectivity index (χ2n) is 6.61. The van der Waals surface area contributed by atoms with Crippen molar-refractivity contribution >= 4 is 51.9 Å². The summed E-state index contributed by atoms with van der Waals surface area (Å²) in [6.07, 6.45) is 5.67. The van der Waals surface area contributed by atoms with Gasteiger partial charge in [-0.1, -0.05) is 30.4 Å². The summed E-state index contributed by atoms with van der Waals surface area (Å²) in [5, 5.41) is 19.5. The lowest BCUT2D eigenvalue weighted by Crippen LogP contribution is -2.29. The first-order valence-corrected chi connectivity index (χ1v) is 10.5. The van der Waals surface area contributed by atoms with Crippen molar-refractivity contribution < 1.29 is 19.6 Å². The molecule has 3 rings (SSSR count). The van der Waals surface area contributed by atoms with E-state index in [9.17, 15) is 19.7 Å². The minimum Gasteiger partial charge on any atom is -0.481 e. The zero-order chi connectivity index (χ0) is 21.7. The number of unbranched alkanes of at least 4 members (excludes halogenated alkanes) is 2. The van der Waals surface area contributed by atoms with E-state index in [-0.39, 0.29) is 18.0 Å². The topological polar surface area (TPSA) is 106 Å². The number of nitro groups is 1. The number of non-ortho nitro benzene ring substituents is 1. The highest BCUT2D eigenvalue weighted by Gasteiger charge is 2.31. The Bertz CT molecular complexity index is 1010. The molecule has 8 nitrogen and oxygen atoms in total. The van der Waals surface area contributed by atoms with Gasteiger partial charge >= 0.3 is 5.97 Å². The van der Waals surface area contributed by atoms with Crippen LogP contribution in [0.1, 0.15) is 31.4 Å². The molecule has 0 aliphatic carbocycles. The zero-order valence-electron chi connectivity index (χ0n) is 15.9. The SMILES string of the molecule is O=C(O)CCCCCN1C(=O)/C(=C/c2cccn2-c2ccc([N+](=O)[O-])cc2)SC1=S. The van der Waals surface area contributed by atoms with E-state index in [2.05, 4.69) is 0 Å². The van der Waals surface area contributed by atoms with Gasteiger partial charge in [0.15, 0.2) is 0 Å². The molecule has 10 heteroatoms. The molecule has 30 heavy (non-hydrogen) atoms. The van der Waals surface area contributed by atoms with Crippen LogP contribution >= 0.6 is 24.0 Å². The summed E-state index contributed by atoms with van der Waals surface area (Å²) in [6, 6.07) is 9.85. The number of benzene rings is 1. The van der Waals surface area contributed by atoms with E-state index in [0.29, 0.717) is 35.0 Å². The lowest BCUT2D eigenvalue weighted by atomic mass is 10.2. The first kappa shape index (κ1) is 21.7. The number of nitrogens with zero attached hydrogens (tertiary/aromatic N) is 3. The predicted molar refractivity (Wildman–Crippen MR) is 118 cm³/mol. The fourth-order valence-corrected chi connectivity index (χ4v) is 4.33. The Morgan fingerprint density at radius 3 is 2.60 bits per heavy atom. The molecule has 0 unspecified atom stereocenters. The van der Waals surface area contributed by atoms with Crippen molar-refractivity contribution in [3.8, 4) is 5.69 Å². The molecule has 156 valence electrons. The van der Waals surface area contributed by atoms with Crippen molar-refractivity contribution in [1.82, 2.24) is 9.47 Å². The monoisotopic (exact) mass is 445 g/mol. The van der Waals surface area contributed by atoms with E-state index in [4.69, 9.17) is 17.3 Å². The van der Waals surface area contributed by atoms with Gasteiger partial charge in [-0.2, -0.15) is 0 Å². The Morgan fingerprint density at radius 1 is 1.20 bits per heavy atom. The van der Waals surface area contributed by atoms with E-state index in [1.54, 1.807) is 23.1 Å². The highest BCUT2D eigenvalue weighted by Crippen LogP contribution is 2.33. The molecule has 0 radical (unpaired) electrons. The number of carboxylic acids is 1. The molecule has 1 aliphatic heterocycles. The van der Waals surface area contributed by atoms with E-state index in [0.717, 1.165) is 11.4 Å². The van der Waals surface area contributed by atoms with Crippen LogP contribution in [0, 0.1) is 10.1 Å². The molecule has 1 saturated heterocycles. The molecule has 1 fully saturated rings. The van der Waals surface area contributed by atoms with Gasteiger partial charge in [-0.25, -0.2) is 0 Å². The summed E-state index contributed by atoms with van der Waals surface area (Å²) >= 11 is 6.57. The quantitative estimate of drug-likeness (QED) is 0.202. The van der Waals surface area contributed by atoms with Gasteiger partial charge in [0, 0.05) is 42.7 Å². The van der Waals surface area contributed by atoms with E-state index in [1.165, 1.54) is 23.9 Å². The van der Waals surface area contributed by atoms with Crippen LogP contribution in [0.5, 0.6) is 0 Å². The maximum atomic E-state index is 12.8. The summed E-state index contributed by atoms with van der Waals surface area (Å²) < 4.78 is 2.32. The molecular weight excluding hydrogens is 426 g/mol. The number of carboxylic acid groups (broad SMARTS) is 1. The van der Waals surface area contributed by atoms with Gasteiger partial charge in [0.25, 0.3) is 11.6 Å². The van der Waals surface area contributed by atoms with Gasteiger partial charge in [-0.3, -0.25) is 24.6 Å². The largest absolute Gasteiger partial charge is 0.481 e. The highest BCUT2D eigenvalue weighted by molar-refractivity contribution is 8.26. The Labute approximate surface area is 182 Å². The number of amides is 1. The number of carbonyl (C=O) groups is 2. The average molecular weight is 446 g/mol. The van der Waals surface area contributed by atoms with Crippen LogP contribution in [-0.2, 0) is 9.59 Å². The molecule has 0 atom stereocenters. The number of carbonyl (C=O) groups excluding carboxylic acids is 1. The molecule has 2 heterocycles. The van der Waals surface area contributed by atoms with Crippen LogP contribution in [0.15, 0.2) is 47.5 Å². The molecule has 1 amide bonds. The number of aromatic nitrogens is 1. The highest BCUT2D eigenvalue weighted by atomic mass is 32.2. The maximum Gasteiger partial charge on any atom is 0.303 e. The summed E-state index contributed by atoms with van der Waals surface area (Å²) in [4.78, 5) is 35.8. The molecule has 0 saturated carbocycles. The van der Waals surface area contributed by atoms with Crippen molar-refractivity contribution in [2.45, 2.75) is 25.7 Å². The number of rotatable bonds is 9. The lowest BCUT2D eigenvalue weighted by molar-refractivity contribution is -0.384. The van der Waals surface area contributed by atoms with Crippen molar-refractivity contribution in [3.05, 3.63) is 63.3 Å². The Hall–Kier alpha value is -2.98. The van der Waals surface area contributed by atoms with Crippen LogP contribution in [-0.4, -0.2) is 42.2 Å². The smallest absolute Gasteiger partial charge is 0.303 e. The van der Waals surface area contributed by atoms with Crippen LogP contribution < -0.4 is 0 Å². The van der Waals surface area contributed by atoms with Crippen molar-refractivity contribution in [1.29, 1.82) is 0 Å². The summed E-state index contributed by atoms with van der Waals surface area (Å²) in [5.41, 5.74) is 1.51. The van der Waals surface area contributed by atoms with Gasteiger partial charge in [-0.05, 0) is 43.2 Å². The second-order valence-corrected chi connectivity index (χ2v) is 8.29. The molecule has 2 aromatic rings. The van der Waals surface area contributed by atoms with Gasteiger partial charge in [0.05, 0.1) is 9.83 Å². The van der Waals surface area contributed by atoms with Gasteiger partial charge in [-0.15, -0.1) is 0 Å². The van der Waals surface area contributed by atoms with Gasteiger partial charge in [0.2, 0.25) is 0 Å². The maximum absolute atomic E-state index is 12.8. The third-order valence-corrected chi connectivity index (χ3v) is 5.92. The molecule has 1 N–H and O–H groups in total. The van der Waals surface area contributed by atoms with Crippen molar-refractivity contribution in [2.75, 3.05) is 6.54 Å². The standard InChI is InChI=1S/C20H19N3O5S2/c24-18(25)6-2-1-3-11-22-19(26)17(30-20(22)29)13-16-5-4-12-21(16)14-7-9-15(10-8-14)23(27)28/h4-5,7-10,12-13H,1-3,6,11H2,(H,24,25)/b17-13-. The average Bonchev–Trinajstić information content (AvgIpc) is 3.27. The fourth-order valence-electron chi connectivity index (χ4n) is 3.03. The van der Waals surface area contributed by atoms with Crippen LogP contribution in [0.2, 0.25) is 0 Å². The predicted octanol–water partition coefficient (Wildman–Crippen LogP) is 4.23. The van der Waals surface area contributed by atoms with Gasteiger partial charge < -0.3 is 9.67 Å². The minimum absolute atomic E-state index is 0.0108. The molecule has 1 aromatic carbocycles. The molecule has 1 aromatic heterocycles. The number of thiocarbonyl (C=S) groups is 1. The van der Waals surface area contributed by atoms with Crippen molar-refractivity contribution in [3.63, 3.8) is 0 Å². The number of aliphatic carboxylic acids is 1.